The maximum absolute atomic E-state index is 10.5. The topological polar surface area (TPSA) is 43.1 Å². The number of hydrogen-bond acceptors (Lipinski definition) is 3. The average Bonchev–Trinajstić information content (AvgIpc) is 2.49. The minimum absolute atomic E-state index is 0.157. The van der Waals surface area contributed by atoms with Crippen molar-refractivity contribution in [2.24, 2.45) is 0 Å². The Balaban J connectivity index is 2.82. The molecule has 3 nitrogen and oxygen atoms in total. The smallest absolute Gasteiger partial charge is 0.258 e. The normalized spacial score (nSPS) is 10.3. The van der Waals surface area contributed by atoms with Crippen LogP contribution in [0.1, 0.15) is 0 Å². The van der Waals surface area contributed by atoms with Crippen LogP contribution in [0.25, 0.3) is 10.8 Å². The Hall–Kier alpha value is -1.42. The second-order valence-electron chi connectivity index (χ2n) is 2.33. The van der Waals surface area contributed by atoms with Gasteiger partial charge in [0.1, 0.15) is 0 Å². The van der Waals surface area contributed by atoms with Crippen LogP contribution in [0.3, 0.4) is 0 Å². The van der Waals surface area contributed by atoms with Gasteiger partial charge in [0.2, 0.25) is 0 Å². The van der Waals surface area contributed by atoms with Gasteiger partial charge in [-0.15, -0.1) is 11.3 Å². The first kappa shape index (κ1) is 7.24. The quantitative estimate of drug-likeness (QED) is 0.497. The summed E-state index contributed by atoms with van der Waals surface area (Å²) >= 11 is 1.35. The Morgan fingerprint density at radius 1 is 1.50 bits per heavy atom. The number of thiophene rings is 1. The minimum atomic E-state index is -0.372. The lowest BCUT2D eigenvalue weighted by Gasteiger charge is -1.91. The summed E-state index contributed by atoms with van der Waals surface area (Å²) in [5.74, 6) is 0. The summed E-state index contributed by atoms with van der Waals surface area (Å²) < 4.78 is 0. The largest absolute Gasteiger partial charge is 0.278 e. The van der Waals surface area contributed by atoms with Gasteiger partial charge in [-0.1, -0.05) is 12.1 Å². The summed E-state index contributed by atoms with van der Waals surface area (Å²) in [5, 5.41) is 16.7. The molecule has 0 atom stereocenters. The van der Waals surface area contributed by atoms with E-state index in [1.54, 1.807) is 11.4 Å². The highest BCUT2D eigenvalue weighted by Gasteiger charge is 2.10. The molecule has 4 heteroatoms. The van der Waals surface area contributed by atoms with Crippen molar-refractivity contribution in [1.82, 2.24) is 0 Å². The maximum atomic E-state index is 10.5. The minimum Gasteiger partial charge on any atom is -0.258 e. The summed E-state index contributed by atoms with van der Waals surface area (Å²) in [6, 6.07) is 4.99. The Morgan fingerprint density at radius 2 is 2.33 bits per heavy atom. The van der Waals surface area contributed by atoms with Crippen molar-refractivity contribution in [3.05, 3.63) is 39.1 Å². The van der Waals surface area contributed by atoms with Crippen LogP contribution in [0.5, 0.6) is 0 Å². The molecule has 0 N–H and O–H groups in total. The second-order valence-corrected chi connectivity index (χ2v) is 3.01. The van der Waals surface area contributed by atoms with E-state index in [1.807, 2.05) is 6.07 Å². The summed E-state index contributed by atoms with van der Waals surface area (Å²) in [7, 11) is 0. The number of non-ortho nitro benzene ring substituents is 1. The summed E-state index contributed by atoms with van der Waals surface area (Å²) in [6.07, 6.45) is 0. The lowest BCUT2D eigenvalue weighted by atomic mass is 10.2. The summed E-state index contributed by atoms with van der Waals surface area (Å²) in [6.45, 7) is 0. The molecule has 0 aliphatic heterocycles. The predicted molar refractivity (Wildman–Crippen MR) is 47.3 cm³/mol. The van der Waals surface area contributed by atoms with Gasteiger partial charge in [0.05, 0.1) is 15.7 Å². The van der Waals surface area contributed by atoms with Crippen molar-refractivity contribution in [2.75, 3.05) is 0 Å². The van der Waals surface area contributed by atoms with Gasteiger partial charge in [-0.25, -0.2) is 0 Å². The van der Waals surface area contributed by atoms with E-state index in [2.05, 4.69) is 5.38 Å². The van der Waals surface area contributed by atoms with Gasteiger partial charge in [0.15, 0.2) is 0 Å². The van der Waals surface area contributed by atoms with Crippen molar-refractivity contribution in [1.29, 1.82) is 0 Å². The van der Waals surface area contributed by atoms with Crippen molar-refractivity contribution < 1.29 is 4.92 Å². The van der Waals surface area contributed by atoms with Crippen molar-refractivity contribution in [2.45, 2.75) is 0 Å². The van der Waals surface area contributed by atoms with Crippen LogP contribution >= 0.6 is 11.3 Å². The number of hydrogen-bond donors (Lipinski definition) is 0. The number of rotatable bonds is 1. The summed E-state index contributed by atoms with van der Waals surface area (Å²) in [5.41, 5.74) is 0.157. The molecule has 0 aliphatic carbocycles. The molecule has 0 aliphatic rings. The lowest BCUT2D eigenvalue weighted by molar-refractivity contribution is -0.383. The Labute approximate surface area is 72.4 Å². The highest BCUT2D eigenvalue weighted by atomic mass is 32.1. The second kappa shape index (κ2) is 2.57. The van der Waals surface area contributed by atoms with Crippen LogP contribution in [0.4, 0.5) is 5.69 Å². The molecule has 1 aromatic heterocycles. The first-order chi connectivity index (χ1) is 5.79. The molecule has 0 amide bonds. The van der Waals surface area contributed by atoms with Crippen LogP contribution in [-0.2, 0) is 0 Å². The third kappa shape index (κ3) is 0.967. The van der Waals surface area contributed by atoms with E-state index in [0.29, 0.717) is 5.39 Å². The van der Waals surface area contributed by atoms with E-state index in [1.165, 1.54) is 17.4 Å². The van der Waals surface area contributed by atoms with Gasteiger partial charge in [-0.3, -0.25) is 10.1 Å². The molecular formula is C8H4NO2S. The zero-order valence-electron chi connectivity index (χ0n) is 5.98. The van der Waals surface area contributed by atoms with E-state index in [-0.39, 0.29) is 10.6 Å². The molecule has 2 aromatic rings. The maximum Gasteiger partial charge on any atom is 0.278 e. The molecule has 0 saturated carbocycles. The lowest BCUT2D eigenvalue weighted by Crippen LogP contribution is -1.86. The zero-order chi connectivity index (χ0) is 8.55. The van der Waals surface area contributed by atoms with E-state index in [9.17, 15) is 10.1 Å². The third-order valence-corrected chi connectivity index (χ3v) is 2.32. The first-order valence-electron chi connectivity index (χ1n) is 3.31. The van der Waals surface area contributed by atoms with Crippen LogP contribution in [0.2, 0.25) is 0 Å². The van der Waals surface area contributed by atoms with Crippen LogP contribution in [-0.4, -0.2) is 4.92 Å². The molecule has 0 fully saturated rings. The fraction of sp³-hybridized carbons (Fsp3) is 0. The van der Waals surface area contributed by atoms with Crippen molar-refractivity contribution >= 4 is 27.8 Å². The van der Waals surface area contributed by atoms with Gasteiger partial charge in [-0.2, -0.15) is 0 Å². The monoisotopic (exact) mass is 178 g/mol. The highest BCUT2D eigenvalue weighted by molar-refractivity contribution is 7.08. The van der Waals surface area contributed by atoms with Gasteiger partial charge in [-0.05, 0) is 0 Å². The number of benzene rings is 1. The first-order valence-corrected chi connectivity index (χ1v) is 4.19. The molecule has 12 heavy (non-hydrogen) atoms. The van der Waals surface area contributed by atoms with Gasteiger partial charge in [0.25, 0.3) is 5.69 Å². The Bertz CT molecular complexity index is 435. The molecule has 0 spiro atoms. The molecular weight excluding hydrogens is 174 g/mol. The molecule has 1 radical (unpaired) electrons. The fourth-order valence-electron chi connectivity index (χ4n) is 1.08. The Morgan fingerprint density at radius 3 is 3.08 bits per heavy atom. The predicted octanol–water partition coefficient (Wildman–Crippen LogP) is 2.61. The molecule has 1 heterocycles. The highest BCUT2D eigenvalue weighted by Crippen LogP contribution is 2.27. The average molecular weight is 178 g/mol. The number of nitrogens with zero attached hydrogens (tertiary/aromatic N) is 1. The van der Waals surface area contributed by atoms with Crippen molar-refractivity contribution in [3.8, 4) is 0 Å². The van der Waals surface area contributed by atoms with Gasteiger partial charge in [0, 0.05) is 16.8 Å². The van der Waals surface area contributed by atoms with Gasteiger partial charge < -0.3 is 0 Å². The van der Waals surface area contributed by atoms with E-state index >= 15 is 0 Å². The van der Waals surface area contributed by atoms with E-state index < -0.39 is 0 Å². The SMILES string of the molecule is O=[N+]([O-])c1cccc2[c]scc12. The van der Waals surface area contributed by atoms with Crippen molar-refractivity contribution in [3.63, 3.8) is 0 Å². The molecule has 2 rings (SSSR count). The molecule has 0 unspecified atom stereocenters. The van der Waals surface area contributed by atoms with Crippen LogP contribution in [0.15, 0.2) is 23.6 Å². The molecule has 0 saturated heterocycles. The van der Waals surface area contributed by atoms with Gasteiger partial charge >= 0.3 is 0 Å². The number of nitro groups is 1. The zero-order valence-corrected chi connectivity index (χ0v) is 6.80. The molecule has 59 valence electrons. The molecule has 0 bridgehead atoms. The molecule has 1 aromatic carbocycles. The standard InChI is InChI=1S/C8H4NO2S/c10-9(11)8-3-1-2-6-4-12-5-7(6)8/h1-3,5H. The number of nitro benzene ring substituents is 1. The van der Waals surface area contributed by atoms with Crippen LogP contribution in [0, 0.1) is 15.5 Å². The third-order valence-electron chi connectivity index (χ3n) is 1.63. The van der Waals surface area contributed by atoms with E-state index in [0.717, 1.165) is 5.39 Å². The summed E-state index contributed by atoms with van der Waals surface area (Å²) in [4.78, 5) is 10.1. The Kier molecular flexibility index (Phi) is 1.55. The van der Waals surface area contributed by atoms with E-state index in [4.69, 9.17) is 0 Å². The fourth-order valence-corrected chi connectivity index (χ4v) is 1.81. The number of fused-ring (bicyclic) bond motifs is 1. The van der Waals surface area contributed by atoms with Crippen LogP contribution < -0.4 is 0 Å².